The molecule has 0 N–H and O–H groups in total. The van der Waals surface area contributed by atoms with E-state index in [0.717, 1.165) is 25.6 Å². The summed E-state index contributed by atoms with van der Waals surface area (Å²) in [5.74, 6) is 0.694. The molecule has 19 heavy (non-hydrogen) atoms. The number of benzene rings is 1. The van der Waals surface area contributed by atoms with E-state index in [0.29, 0.717) is 11.4 Å². The molecule has 2 aliphatic rings. The van der Waals surface area contributed by atoms with E-state index in [4.69, 9.17) is 4.74 Å². The van der Waals surface area contributed by atoms with Crippen LogP contribution in [0.5, 0.6) is 0 Å². The SMILES string of the molecule is CC1(C)CC2C(=O)CCP(c3ccccc3)C2CO1. The summed E-state index contributed by atoms with van der Waals surface area (Å²) in [6, 6.07) is 10.7. The molecule has 0 aromatic heterocycles. The highest BCUT2D eigenvalue weighted by Gasteiger charge is 2.45. The van der Waals surface area contributed by atoms with Crippen LogP contribution in [0, 0.1) is 5.92 Å². The van der Waals surface area contributed by atoms with Crippen molar-refractivity contribution in [2.75, 3.05) is 12.8 Å². The summed E-state index contributed by atoms with van der Waals surface area (Å²) in [4.78, 5) is 12.2. The molecule has 3 atom stereocenters. The first-order valence-electron chi connectivity index (χ1n) is 7.05. The van der Waals surface area contributed by atoms with E-state index in [1.807, 2.05) is 0 Å². The molecule has 3 unspecified atom stereocenters. The normalized spacial score (nSPS) is 33.8. The Labute approximate surface area is 116 Å². The highest BCUT2D eigenvalue weighted by Crippen LogP contribution is 2.52. The van der Waals surface area contributed by atoms with Crippen LogP contribution < -0.4 is 5.30 Å². The number of ketones is 1. The molecule has 0 spiro atoms. The summed E-state index contributed by atoms with van der Waals surface area (Å²) in [5.41, 5.74) is 0.304. The molecular weight excluding hydrogens is 255 g/mol. The number of Topliss-reactive ketones (excluding diaryl/α,β-unsaturated/α-hetero) is 1. The van der Waals surface area contributed by atoms with Crippen molar-refractivity contribution in [2.45, 2.75) is 37.9 Å². The molecular formula is C16H21O2P. The summed E-state index contributed by atoms with van der Waals surface area (Å²) < 4.78 is 6.00. The van der Waals surface area contributed by atoms with Crippen molar-refractivity contribution in [3.05, 3.63) is 30.3 Å². The maximum Gasteiger partial charge on any atom is 0.137 e. The Kier molecular flexibility index (Phi) is 3.49. The zero-order valence-electron chi connectivity index (χ0n) is 11.6. The van der Waals surface area contributed by atoms with Gasteiger partial charge in [0.2, 0.25) is 0 Å². The van der Waals surface area contributed by atoms with Crippen LogP contribution in [0.25, 0.3) is 0 Å². The van der Waals surface area contributed by atoms with Crippen LogP contribution in [-0.2, 0) is 9.53 Å². The zero-order chi connectivity index (χ0) is 13.5. The van der Waals surface area contributed by atoms with Crippen molar-refractivity contribution in [2.24, 2.45) is 5.92 Å². The van der Waals surface area contributed by atoms with Gasteiger partial charge in [0.15, 0.2) is 0 Å². The van der Waals surface area contributed by atoms with Gasteiger partial charge < -0.3 is 4.74 Å². The Morgan fingerprint density at radius 2 is 2.00 bits per heavy atom. The summed E-state index contributed by atoms with van der Waals surface area (Å²) in [6.07, 6.45) is 2.70. The molecule has 2 aliphatic heterocycles. The lowest BCUT2D eigenvalue weighted by atomic mass is 9.84. The minimum absolute atomic E-state index is 0.133. The Balaban J connectivity index is 1.87. The number of carbonyl (C=O) groups is 1. The Hall–Kier alpha value is -0.720. The van der Waals surface area contributed by atoms with Crippen LogP contribution in [0.4, 0.5) is 0 Å². The van der Waals surface area contributed by atoms with Gasteiger partial charge in [-0.1, -0.05) is 38.3 Å². The molecule has 2 nitrogen and oxygen atoms in total. The molecule has 1 aromatic rings. The van der Waals surface area contributed by atoms with Crippen LogP contribution in [0.3, 0.4) is 0 Å². The summed E-state index contributed by atoms with van der Waals surface area (Å²) in [7, 11) is -0.238. The lowest BCUT2D eigenvalue weighted by Crippen LogP contribution is -2.48. The Morgan fingerprint density at radius 3 is 2.74 bits per heavy atom. The highest BCUT2D eigenvalue weighted by atomic mass is 31.1. The molecule has 3 heteroatoms. The van der Waals surface area contributed by atoms with Gasteiger partial charge in [-0.3, -0.25) is 4.79 Å². The second kappa shape index (κ2) is 5.00. The fraction of sp³-hybridized carbons (Fsp3) is 0.562. The minimum atomic E-state index is -0.238. The van der Waals surface area contributed by atoms with Crippen LogP contribution >= 0.6 is 7.92 Å². The lowest BCUT2D eigenvalue weighted by Gasteiger charge is -2.46. The average molecular weight is 276 g/mol. The van der Waals surface area contributed by atoms with Gasteiger partial charge in [-0.2, -0.15) is 0 Å². The topological polar surface area (TPSA) is 26.3 Å². The van der Waals surface area contributed by atoms with E-state index in [2.05, 4.69) is 44.2 Å². The van der Waals surface area contributed by atoms with Gasteiger partial charge in [0.1, 0.15) is 5.78 Å². The third kappa shape index (κ3) is 2.61. The molecule has 2 heterocycles. The third-order valence-corrected chi connectivity index (χ3v) is 7.30. The number of ether oxygens (including phenoxy) is 1. The molecule has 2 saturated heterocycles. The molecule has 0 aliphatic carbocycles. The van der Waals surface area contributed by atoms with E-state index < -0.39 is 0 Å². The number of hydrogen-bond acceptors (Lipinski definition) is 2. The van der Waals surface area contributed by atoms with Crippen molar-refractivity contribution in [1.82, 2.24) is 0 Å². The summed E-state index contributed by atoms with van der Waals surface area (Å²) in [5, 5.41) is 1.43. The van der Waals surface area contributed by atoms with E-state index in [-0.39, 0.29) is 19.4 Å². The van der Waals surface area contributed by atoms with Gasteiger partial charge in [0.25, 0.3) is 0 Å². The molecule has 3 rings (SSSR count). The van der Waals surface area contributed by atoms with Crippen LogP contribution in [0.15, 0.2) is 30.3 Å². The second-order valence-electron chi connectivity index (χ2n) is 6.19. The number of carbonyl (C=O) groups excluding carboxylic acids is 1. The second-order valence-corrected chi connectivity index (χ2v) is 8.76. The van der Waals surface area contributed by atoms with Crippen LogP contribution in [0.2, 0.25) is 0 Å². The monoisotopic (exact) mass is 276 g/mol. The van der Waals surface area contributed by atoms with Crippen LogP contribution in [-0.4, -0.2) is 29.8 Å². The summed E-state index contributed by atoms with van der Waals surface area (Å²) >= 11 is 0. The first-order valence-corrected chi connectivity index (χ1v) is 8.65. The number of fused-ring (bicyclic) bond motifs is 1. The quantitative estimate of drug-likeness (QED) is 0.737. The molecule has 0 amide bonds. The first kappa shape index (κ1) is 13.3. The van der Waals surface area contributed by atoms with E-state index >= 15 is 0 Å². The molecule has 0 bridgehead atoms. The maximum absolute atomic E-state index is 12.2. The van der Waals surface area contributed by atoms with Gasteiger partial charge in [-0.15, -0.1) is 0 Å². The van der Waals surface area contributed by atoms with E-state index in [9.17, 15) is 4.79 Å². The molecule has 0 radical (unpaired) electrons. The Morgan fingerprint density at radius 1 is 1.26 bits per heavy atom. The largest absolute Gasteiger partial charge is 0.375 e. The van der Waals surface area contributed by atoms with Gasteiger partial charge in [-0.25, -0.2) is 0 Å². The van der Waals surface area contributed by atoms with E-state index in [1.54, 1.807) is 0 Å². The first-order chi connectivity index (χ1) is 9.07. The molecule has 102 valence electrons. The number of rotatable bonds is 1. The van der Waals surface area contributed by atoms with Gasteiger partial charge in [0, 0.05) is 18.0 Å². The van der Waals surface area contributed by atoms with E-state index in [1.165, 1.54) is 5.30 Å². The van der Waals surface area contributed by atoms with Crippen LogP contribution in [0.1, 0.15) is 26.7 Å². The predicted molar refractivity (Wildman–Crippen MR) is 79.4 cm³/mol. The fourth-order valence-corrected chi connectivity index (χ4v) is 6.26. The smallest absolute Gasteiger partial charge is 0.137 e. The van der Waals surface area contributed by atoms with Crippen molar-refractivity contribution in [3.8, 4) is 0 Å². The zero-order valence-corrected chi connectivity index (χ0v) is 12.5. The standard InChI is InChI=1S/C16H21O2P/c1-16(2)10-13-14(17)8-9-19(15(13)11-18-16)12-6-4-3-5-7-12/h3-7,13,15H,8-11H2,1-2H3. The molecule has 2 fully saturated rings. The maximum atomic E-state index is 12.2. The van der Waals surface area contributed by atoms with Gasteiger partial charge in [-0.05, 0) is 31.7 Å². The third-order valence-electron chi connectivity index (χ3n) is 4.32. The summed E-state index contributed by atoms with van der Waals surface area (Å²) in [6.45, 7) is 4.97. The Bertz CT molecular complexity index is 469. The number of hydrogen-bond donors (Lipinski definition) is 0. The van der Waals surface area contributed by atoms with Crippen molar-refractivity contribution in [3.63, 3.8) is 0 Å². The van der Waals surface area contributed by atoms with Crippen molar-refractivity contribution >= 4 is 19.0 Å². The van der Waals surface area contributed by atoms with Crippen molar-refractivity contribution in [1.29, 1.82) is 0 Å². The van der Waals surface area contributed by atoms with Crippen molar-refractivity contribution < 1.29 is 9.53 Å². The highest BCUT2D eigenvalue weighted by molar-refractivity contribution is 7.66. The predicted octanol–water partition coefficient (Wildman–Crippen LogP) is 2.95. The lowest BCUT2D eigenvalue weighted by molar-refractivity contribution is -0.132. The average Bonchev–Trinajstić information content (AvgIpc) is 2.40. The van der Waals surface area contributed by atoms with Gasteiger partial charge in [0.05, 0.1) is 12.2 Å². The fourth-order valence-electron chi connectivity index (χ4n) is 3.31. The molecule has 0 saturated carbocycles. The molecule has 1 aromatic carbocycles. The van der Waals surface area contributed by atoms with Gasteiger partial charge >= 0.3 is 0 Å². The minimum Gasteiger partial charge on any atom is -0.375 e.